The van der Waals surface area contributed by atoms with Crippen LogP contribution in [0.1, 0.15) is 39.0 Å². The maximum absolute atomic E-state index is 12.6. The maximum atomic E-state index is 12.6. The first kappa shape index (κ1) is 17.4. The zero-order valence-electron chi connectivity index (χ0n) is 14.6. The summed E-state index contributed by atoms with van der Waals surface area (Å²) in [6, 6.07) is 5.68. The van der Waals surface area contributed by atoms with E-state index >= 15 is 0 Å². The van der Waals surface area contributed by atoms with Crippen molar-refractivity contribution in [1.82, 2.24) is 4.90 Å². The topological polar surface area (TPSA) is 50.8 Å². The van der Waals surface area contributed by atoms with Crippen LogP contribution in [0.15, 0.2) is 18.2 Å². The highest BCUT2D eigenvalue weighted by atomic mass is 16.5. The van der Waals surface area contributed by atoms with Gasteiger partial charge in [-0.25, -0.2) is 0 Å². The van der Waals surface area contributed by atoms with Gasteiger partial charge in [-0.1, -0.05) is 19.3 Å². The Labute approximate surface area is 139 Å². The van der Waals surface area contributed by atoms with E-state index in [0.717, 1.165) is 18.5 Å². The molecule has 0 heterocycles. The Morgan fingerprint density at radius 3 is 2.43 bits per heavy atom. The second-order valence-electron chi connectivity index (χ2n) is 6.18. The van der Waals surface area contributed by atoms with Crippen molar-refractivity contribution in [2.24, 2.45) is 0 Å². The van der Waals surface area contributed by atoms with Crippen LogP contribution < -0.4 is 14.8 Å². The largest absolute Gasteiger partial charge is 0.493 e. The Morgan fingerprint density at radius 2 is 1.83 bits per heavy atom. The lowest BCUT2D eigenvalue weighted by Crippen LogP contribution is -2.45. The van der Waals surface area contributed by atoms with Crippen molar-refractivity contribution in [1.29, 1.82) is 0 Å². The molecular weight excluding hydrogens is 292 g/mol. The fraction of sp³-hybridized carbons (Fsp3) is 0.611. The van der Waals surface area contributed by atoms with Crippen LogP contribution in [0.2, 0.25) is 0 Å². The average Bonchev–Trinajstić information content (AvgIpc) is 2.60. The van der Waals surface area contributed by atoms with Crippen molar-refractivity contribution in [3.8, 4) is 11.5 Å². The maximum Gasteiger partial charge on any atom is 0.244 e. The monoisotopic (exact) mass is 320 g/mol. The molecule has 0 aromatic heterocycles. The zero-order chi connectivity index (χ0) is 16.8. The molecule has 1 aromatic carbocycles. The molecule has 1 atom stereocenters. The molecule has 1 amide bonds. The van der Waals surface area contributed by atoms with E-state index < -0.39 is 0 Å². The number of anilines is 1. The van der Waals surface area contributed by atoms with Gasteiger partial charge in [0.05, 0.1) is 14.2 Å². The number of benzene rings is 1. The lowest BCUT2D eigenvalue weighted by atomic mass is 9.94. The first-order valence-corrected chi connectivity index (χ1v) is 8.32. The standard InChI is InChI=1S/C18H28N2O3/c1-13(18(21)20(2)15-8-6-5-7-9-15)19-14-10-11-16(22-3)17(12-14)23-4/h10-13,15,19H,5-9H2,1-4H3/t13-/m1/s1. The van der Waals surface area contributed by atoms with Gasteiger partial charge in [0, 0.05) is 24.8 Å². The summed E-state index contributed by atoms with van der Waals surface area (Å²) in [4.78, 5) is 14.5. The van der Waals surface area contributed by atoms with Gasteiger partial charge in [0.2, 0.25) is 5.91 Å². The average molecular weight is 320 g/mol. The summed E-state index contributed by atoms with van der Waals surface area (Å²) < 4.78 is 10.5. The smallest absolute Gasteiger partial charge is 0.244 e. The van der Waals surface area contributed by atoms with E-state index in [2.05, 4.69) is 5.32 Å². The Hall–Kier alpha value is -1.91. The van der Waals surface area contributed by atoms with E-state index in [1.807, 2.05) is 37.1 Å². The first-order valence-electron chi connectivity index (χ1n) is 8.32. The molecule has 1 aromatic rings. The second kappa shape index (κ2) is 8.09. The minimum atomic E-state index is -0.278. The Balaban J connectivity index is 2.00. The molecule has 5 nitrogen and oxygen atoms in total. The minimum absolute atomic E-state index is 0.131. The molecule has 1 fully saturated rings. The lowest BCUT2D eigenvalue weighted by Gasteiger charge is -2.33. The van der Waals surface area contributed by atoms with Crippen LogP contribution in [0.4, 0.5) is 5.69 Å². The molecule has 1 saturated carbocycles. The molecule has 128 valence electrons. The van der Waals surface area contributed by atoms with Crippen molar-refractivity contribution < 1.29 is 14.3 Å². The zero-order valence-corrected chi connectivity index (χ0v) is 14.6. The van der Waals surface area contributed by atoms with Crippen LogP contribution in [-0.2, 0) is 4.79 Å². The van der Waals surface area contributed by atoms with Crippen molar-refractivity contribution in [2.45, 2.75) is 51.1 Å². The molecule has 0 unspecified atom stereocenters. The number of carbonyl (C=O) groups excluding carboxylic acids is 1. The number of hydrogen-bond donors (Lipinski definition) is 1. The highest BCUT2D eigenvalue weighted by Crippen LogP contribution is 2.30. The summed E-state index contributed by atoms with van der Waals surface area (Å²) in [5.74, 6) is 1.46. The number of hydrogen-bond acceptors (Lipinski definition) is 4. The van der Waals surface area contributed by atoms with E-state index in [-0.39, 0.29) is 11.9 Å². The fourth-order valence-electron chi connectivity index (χ4n) is 3.19. The third-order valence-electron chi connectivity index (χ3n) is 4.61. The van der Waals surface area contributed by atoms with Gasteiger partial charge in [-0.2, -0.15) is 0 Å². The van der Waals surface area contributed by atoms with Crippen molar-refractivity contribution in [3.05, 3.63) is 18.2 Å². The highest BCUT2D eigenvalue weighted by molar-refractivity contribution is 5.84. The Morgan fingerprint density at radius 1 is 1.17 bits per heavy atom. The number of rotatable bonds is 6. The molecule has 0 bridgehead atoms. The summed E-state index contributed by atoms with van der Waals surface area (Å²) in [7, 11) is 5.13. The number of amides is 1. The number of nitrogens with zero attached hydrogens (tertiary/aromatic N) is 1. The van der Waals surface area contributed by atoms with Crippen molar-refractivity contribution in [2.75, 3.05) is 26.6 Å². The quantitative estimate of drug-likeness (QED) is 0.874. The highest BCUT2D eigenvalue weighted by Gasteiger charge is 2.25. The van der Waals surface area contributed by atoms with Crippen LogP contribution in [0.5, 0.6) is 11.5 Å². The third-order valence-corrected chi connectivity index (χ3v) is 4.61. The molecule has 0 radical (unpaired) electrons. The predicted molar refractivity (Wildman–Crippen MR) is 92.3 cm³/mol. The SMILES string of the molecule is COc1ccc(N[C@H](C)C(=O)N(C)C2CCCCC2)cc1OC. The van der Waals surface area contributed by atoms with Gasteiger partial charge in [-0.3, -0.25) is 4.79 Å². The molecule has 2 rings (SSSR count). The third kappa shape index (κ3) is 4.30. The Kier molecular flexibility index (Phi) is 6.13. The summed E-state index contributed by atoms with van der Waals surface area (Å²) in [5, 5.41) is 3.26. The molecule has 0 aliphatic heterocycles. The molecule has 1 N–H and O–H groups in total. The van der Waals surface area contributed by atoms with E-state index in [0.29, 0.717) is 17.5 Å². The van der Waals surface area contributed by atoms with E-state index in [1.54, 1.807) is 14.2 Å². The van der Waals surface area contributed by atoms with Gasteiger partial charge in [-0.15, -0.1) is 0 Å². The summed E-state index contributed by atoms with van der Waals surface area (Å²) >= 11 is 0. The molecule has 0 spiro atoms. The summed E-state index contributed by atoms with van der Waals surface area (Å²) in [6.45, 7) is 1.90. The number of nitrogens with one attached hydrogen (secondary N) is 1. The number of likely N-dealkylation sites (N-methyl/N-ethyl adjacent to an activating group) is 1. The molecule has 0 saturated heterocycles. The molecule has 1 aliphatic carbocycles. The van der Waals surface area contributed by atoms with Crippen LogP contribution in [-0.4, -0.2) is 44.2 Å². The molecular formula is C18H28N2O3. The first-order chi connectivity index (χ1) is 11.1. The van der Waals surface area contributed by atoms with Crippen LogP contribution in [0.3, 0.4) is 0 Å². The number of ether oxygens (including phenoxy) is 2. The summed E-state index contributed by atoms with van der Waals surface area (Å²) in [5.41, 5.74) is 0.848. The van der Waals surface area contributed by atoms with Gasteiger partial charge in [0.15, 0.2) is 11.5 Å². The molecule has 5 heteroatoms. The van der Waals surface area contributed by atoms with Gasteiger partial charge in [0.1, 0.15) is 6.04 Å². The number of carbonyl (C=O) groups is 1. The van der Waals surface area contributed by atoms with Crippen molar-refractivity contribution in [3.63, 3.8) is 0 Å². The van der Waals surface area contributed by atoms with Crippen LogP contribution >= 0.6 is 0 Å². The van der Waals surface area contributed by atoms with Crippen LogP contribution in [0, 0.1) is 0 Å². The van der Waals surface area contributed by atoms with E-state index in [1.165, 1.54) is 19.3 Å². The van der Waals surface area contributed by atoms with Gasteiger partial charge in [-0.05, 0) is 31.9 Å². The van der Waals surface area contributed by atoms with Gasteiger partial charge < -0.3 is 19.7 Å². The van der Waals surface area contributed by atoms with Gasteiger partial charge in [0.25, 0.3) is 0 Å². The van der Waals surface area contributed by atoms with Crippen LogP contribution in [0.25, 0.3) is 0 Å². The van der Waals surface area contributed by atoms with Gasteiger partial charge >= 0.3 is 0 Å². The normalized spacial score (nSPS) is 16.5. The predicted octanol–water partition coefficient (Wildman–Crippen LogP) is 3.30. The van der Waals surface area contributed by atoms with E-state index in [9.17, 15) is 4.79 Å². The fourth-order valence-corrected chi connectivity index (χ4v) is 3.19. The Bertz CT molecular complexity index is 527. The summed E-state index contributed by atoms with van der Waals surface area (Å²) in [6.07, 6.45) is 5.97. The lowest BCUT2D eigenvalue weighted by molar-refractivity contribution is -0.133. The van der Waals surface area contributed by atoms with E-state index in [4.69, 9.17) is 9.47 Å². The second-order valence-corrected chi connectivity index (χ2v) is 6.18. The molecule has 23 heavy (non-hydrogen) atoms. The van der Waals surface area contributed by atoms with Crippen molar-refractivity contribution >= 4 is 11.6 Å². The molecule has 1 aliphatic rings. The number of methoxy groups -OCH3 is 2. The minimum Gasteiger partial charge on any atom is -0.493 e.